The van der Waals surface area contributed by atoms with Gasteiger partial charge in [0.1, 0.15) is 0 Å². The van der Waals surface area contributed by atoms with Crippen molar-refractivity contribution in [3.05, 3.63) is 37.1 Å². The number of pyridine rings is 1. The number of hydrogen-bond acceptors (Lipinski definition) is 4. The number of halogens is 1. The predicted octanol–water partition coefficient (Wildman–Crippen LogP) is 1.47. The summed E-state index contributed by atoms with van der Waals surface area (Å²) in [6.45, 7) is 0.565. The lowest BCUT2D eigenvalue weighted by Gasteiger charge is -2.01. The van der Waals surface area contributed by atoms with E-state index in [1.807, 2.05) is 40.7 Å². The van der Waals surface area contributed by atoms with E-state index in [4.69, 9.17) is 11.6 Å². The van der Waals surface area contributed by atoms with Crippen molar-refractivity contribution in [2.45, 2.75) is 13.0 Å². The molecular weight excluding hydrogens is 290 g/mol. The molecule has 0 unspecified atom stereocenters. The molecule has 0 amide bonds. The van der Waals surface area contributed by atoms with Crippen molar-refractivity contribution in [2.24, 2.45) is 7.05 Å². The Morgan fingerprint density at radius 2 is 2.10 bits per heavy atom. The van der Waals surface area contributed by atoms with Crippen LogP contribution in [-0.2, 0) is 18.4 Å². The Labute approximate surface area is 126 Å². The van der Waals surface area contributed by atoms with Crippen LogP contribution in [0.4, 0.5) is 0 Å². The average Bonchev–Trinajstić information content (AvgIpc) is 2.87. The smallest absolute Gasteiger partial charge is 0.227 e. The van der Waals surface area contributed by atoms with E-state index in [0.717, 1.165) is 16.9 Å². The fourth-order valence-corrected chi connectivity index (χ4v) is 2.11. The average molecular weight is 303 g/mol. The number of rotatable bonds is 4. The van der Waals surface area contributed by atoms with E-state index in [0.29, 0.717) is 18.6 Å². The Morgan fingerprint density at radius 3 is 2.81 bits per heavy atom. The minimum absolute atomic E-state index is 0.312. The first-order chi connectivity index (χ1) is 10.1. The van der Waals surface area contributed by atoms with Crippen LogP contribution in [0.25, 0.3) is 22.6 Å². The largest absolute Gasteiger partial charge is 0.317 e. The predicted molar refractivity (Wildman–Crippen MR) is 77.4 cm³/mol. The third-order valence-electron chi connectivity index (χ3n) is 3.18. The first-order valence-corrected chi connectivity index (χ1v) is 6.83. The highest BCUT2D eigenvalue weighted by Crippen LogP contribution is 2.16. The zero-order valence-corrected chi connectivity index (χ0v) is 12.2. The molecule has 3 rings (SSSR count). The maximum Gasteiger partial charge on any atom is 0.227 e. The number of fused-ring (bicyclic) bond motifs is 1. The summed E-state index contributed by atoms with van der Waals surface area (Å²) in [5, 5.41) is -0.334. The first-order valence-electron chi connectivity index (χ1n) is 6.45. The fraction of sp³-hybridized carbons (Fsp3) is 0.214. The quantitative estimate of drug-likeness (QED) is 0.541. The van der Waals surface area contributed by atoms with E-state index in [1.54, 1.807) is 12.5 Å². The van der Waals surface area contributed by atoms with Crippen molar-refractivity contribution >= 4 is 28.1 Å². The van der Waals surface area contributed by atoms with Crippen LogP contribution in [0.5, 0.6) is 0 Å². The minimum atomic E-state index is -0.334. The number of carbonyl (C=O) groups excluding carboxylic acids is 1. The highest BCUT2D eigenvalue weighted by Gasteiger charge is 2.09. The molecule has 0 bridgehead atoms. The molecule has 7 heteroatoms. The van der Waals surface area contributed by atoms with Gasteiger partial charge in [-0.3, -0.25) is 4.79 Å². The van der Waals surface area contributed by atoms with Crippen LogP contribution in [0, 0.1) is 0 Å². The number of aromatic nitrogens is 5. The van der Waals surface area contributed by atoms with Gasteiger partial charge in [-0.15, -0.1) is 0 Å². The molecule has 106 valence electrons. The van der Waals surface area contributed by atoms with Crippen molar-refractivity contribution in [2.75, 3.05) is 0 Å². The van der Waals surface area contributed by atoms with Crippen LogP contribution >= 0.6 is 11.6 Å². The van der Waals surface area contributed by atoms with Gasteiger partial charge in [-0.05, 0) is 11.6 Å². The zero-order chi connectivity index (χ0) is 14.8. The van der Waals surface area contributed by atoms with Crippen LogP contribution in [0.1, 0.15) is 6.42 Å². The molecular formula is C14H13ClN5O+. The second kappa shape index (κ2) is 5.57. The van der Waals surface area contributed by atoms with Crippen molar-refractivity contribution in [1.29, 1.82) is 0 Å². The third kappa shape index (κ3) is 2.90. The SMILES string of the molecule is Cn1cnc2ncc(-c3cc[n+](CCC(=O)Cl)cc3)nc21. The lowest BCUT2D eigenvalue weighted by molar-refractivity contribution is -0.695. The van der Waals surface area contributed by atoms with Crippen molar-refractivity contribution in [3.63, 3.8) is 0 Å². The number of imidazole rings is 1. The molecule has 0 spiro atoms. The Kier molecular flexibility index (Phi) is 3.62. The lowest BCUT2D eigenvalue weighted by Crippen LogP contribution is -2.33. The molecule has 3 heterocycles. The second-order valence-corrected chi connectivity index (χ2v) is 5.11. The molecule has 0 aliphatic rings. The zero-order valence-electron chi connectivity index (χ0n) is 11.4. The van der Waals surface area contributed by atoms with Crippen molar-refractivity contribution in [1.82, 2.24) is 19.5 Å². The fourth-order valence-electron chi connectivity index (χ4n) is 2.03. The number of hydrogen-bond donors (Lipinski definition) is 0. The summed E-state index contributed by atoms with van der Waals surface area (Å²) in [7, 11) is 1.88. The van der Waals surface area contributed by atoms with E-state index in [-0.39, 0.29) is 5.24 Å². The van der Waals surface area contributed by atoms with Gasteiger partial charge in [0.05, 0.1) is 24.6 Å². The highest BCUT2D eigenvalue weighted by atomic mass is 35.5. The monoisotopic (exact) mass is 302 g/mol. The van der Waals surface area contributed by atoms with Crippen molar-refractivity contribution < 1.29 is 9.36 Å². The van der Waals surface area contributed by atoms with Gasteiger partial charge < -0.3 is 4.57 Å². The van der Waals surface area contributed by atoms with Gasteiger partial charge in [0.15, 0.2) is 30.2 Å². The molecule has 0 aromatic carbocycles. The van der Waals surface area contributed by atoms with Gasteiger partial charge in [-0.25, -0.2) is 19.5 Å². The molecule has 3 aromatic rings. The molecule has 6 nitrogen and oxygen atoms in total. The van der Waals surface area contributed by atoms with E-state index in [1.165, 1.54) is 0 Å². The van der Waals surface area contributed by atoms with E-state index in [9.17, 15) is 4.79 Å². The Morgan fingerprint density at radius 1 is 1.33 bits per heavy atom. The Bertz CT molecular complexity index is 797. The summed E-state index contributed by atoms with van der Waals surface area (Å²) in [4.78, 5) is 23.8. The number of nitrogens with zero attached hydrogens (tertiary/aromatic N) is 5. The van der Waals surface area contributed by atoms with Gasteiger partial charge in [0.25, 0.3) is 0 Å². The molecule has 0 N–H and O–H groups in total. The van der Waals surface area contributed by atoms with Crippen LogP contribution in [-0.4, -0.2) is 24.8 Å². The number of carbonyl (C=O) groups is 1. The standard InChI is InChI=1S/C14H13ClN5O/c1-19-9-17-13-14(19)18-11(8-16-13)10-2-5-20(6-3-10)7-4-12(15)21/h2-3,5-6,8-9H,4,7H2,1H3/q+1. The van der Waals surface area contributed by atoms with E-state index in [2.05, 4.69) is 15.0 Å². The molecule has 0 saturated carbocycles. The van der Waals surface area contributed by atoms with Crippen LogP contribution in [0.2, 0.25) is 0 Å². The van der Waals surface area contributed by atoms with Gasteiger partial charge in [0.2, 0.25) is 5.24 Å². The van der Waals surface area contributed by atoms with E-state index < -0.39 is 0 Å². The van der Waals surface area contributed by atoms with E-state index >= 15 is 0 Å². The maximum atomic E-state index is 10.8. The summed E-state index contributed by atoms with van der Waals surface area (Å²) in [6.07, 6.45) is 7.49. The third-order valence-corrected chi connectivity index (χ3v) is 3.37. The summed E-state index contributed by atoms with van der Waals surface area (Å²) in [6, 6.07) is 3.87. The normalized spacial score (nSPS) is 11.0. The Hall–Kier alpha value is -2.34. The second-order valence-electron chi connectivity index (χ2n) is 4.69. The van der Waals surface area contributed by atoms with Gasteiger partial charge >= 0.3 is 0 Å². The van der Waals surface area contributed by atoms with Crippen LogP contribution < -0.4 is 4.57 Å². The first kappa shape index (κ1) is 13.6. The van der Waals surface area contributed by atoms with Crippen molar-refractivity contribution in [3.8, 4) is 11.3 Å². The van der Waals surface area contributed by atoms with Crippen LogP contribution in [0.3, 0.4) is 0 Å². The number of aryl methyl sites for hydroxylation is 2. The van der Waals surface area contributed by atoms with Gasteiger partial charge in [0, 0.05) is 24.7 Å². The maximum absolute atomic E-state index is 10.8. The summed E-state index contributed by atoms with van der Waals surface area (Å²) >= 11 is 5.34. The molecule has 0 aliphatic heterocycles. The van der Waals surface area contributed by atoms with Crippen LogP contribution in [0.15, 0.2) is 37.1 Å². The van der Waals surface area contributed by atoms with Gasteiger partial charge in [-0.2, -0.15) is 0 Å². The molecule has 0 radical (unpaired) electrons. The molecule has 0 aliphatic carbocycles. The topological polar surface area (TPSA) is 64.6 Å². The molecule has 0 saturated heterocycles. The minimum Gasteiger partial charge on any atom is -0.317 e. The molecule has 0 fully saturated rings. The lowest BCUT2D eigenvalue weighted by atomic mass is 10.2. The Balaban J connectivity index is 1.87. The summed E-state index contributed by atoms with van der Waals surface area (Å²) in [5.41, 5.74) is 3.12. The highest BCUT2D eigenvalue weighted by molar-refractivity contribution is 6.63. The molecule has 0 atom stereocenters. The molecule has 21 heavy (non-hydrogen) atoms. The van der Waals surface area contributed by atoms with Gasteiger partial charge in [-0.1, -0.05) is 0 Å². The summed E-state index contributed by atoms with van der Waals surface area (Å²) in [5.74, 6) is 0. The molecule has 3 aromatic heterocycles. The summed E-state index contributed by atoms with van der Waals surface area (Å²) < 4.78 is 3.74.